The SMILES string of the molecule is COC(=O)N(C)c1ccc(NC(=O)CCC(=O)c2cc(C)ccc2C)cc1. The highest BCUT2D eigenvalue weighted by molar-refractivity contribution is 6.01. The number of anilines is 2. The van der Waals surface area contributed by atoms with Crippen molar-refractivity contribution in [3.05, 3.63) is 59.2 Å². The summed E-state index contributed by atoms with van der Waals surface area (Å²) in [5.74, 6) is -0.274. The summed E-state index contributed by atoms with van der Waals surface area (Å²) in [5.41, 5.74) is 3.84. The van der Waals surface area contributed by atoms with Gasteiger partial charge >= 0.3 is 6.09 Å². The third-order valence-corrected chi connectivity index (χ3v) is 4.26. The quantitative estimate of drug-likeness (QED) is 0.779. The van der Waals surface area contributed by atoms with Crippen molar-refractivity contribution >= 4 is 29.2 Å². The Balaban J connectivity index is 1.91. The number of carbonyl (C=O) groups is 3. The molecule has 2 aromatic carbocycles. The molecule has 0 saturated carbocycles. The molecule has 0 aliphatic rings. The fourth-order valence-corrected chi connectivity index (χ4v) is 2.63. The summed E-state index contributed by atoms with van der Waals surface area (Å²) in [6, 6.07) is 12.5. The number of nitrogens with one attached hydrogen (secondary N) is 1. The maximum absolute atomic E-state index is 12.4. The maximum atomic E-state index is 12.4. The van der Waals surface area contributed by atoms with Crippen molar-refractivity contribution in [2.75, 3.05) is 24.4 Å². The van der Waals surface area contributed by atoms with Gasteiger partial charge in [-0.2, -0.15) is 0 Å². The van der Waals surface area contributed by atoms with Crippen LogP contribution in [0.3, 0.4) is 0 Å². The van der Waals surface area contributed by atoms with Crippen LogP contribution in [0.4, 0.5) is 16.2 Å². The van der Waals surface area contributed by atoms with Crippen LogP contribution >= 0.6 is 0 Å². The van der Waals surface area contributed by atoms with Gasteiger partial charge in [0.15, 0.2) is 5.78 Å². The predicted molar refractivity (Wildman–Crippen MR) is 105 cm³/mol. The minimum absolute atomic E-state index is 0.0404. The molecule has 0 saturated heterocycles. The highest BCUT2D eigenvalue weighted by atomic mass is 16.5. The Bertz CT molecular complexity index is 844. The molecular weight excluding hydrogens is 344 g/mol. The minimum Gasteiger partial charge on any atom is -0.452 e. The summed E-state index contributed by atoms with van der Waals surface area (Å²) in [4.78, 5) is 37.3. The van der Waals surface area contributed by atoms with Crippen LogP contribution in [0.5, 0.6) is 0 Å². The van der Waals surface area contributed by atoms with Crippen LogP contribution in [-0.2, 0) is 9.53 Å². The molecule has 0 atom stereocenters. The molecular formula is C21H24N2O4. The first-order valence-corrected chi connectivity index (χ1v) is 8.64. The number of ketones is 1. The van der Waals surface area contributed by atoms with Gasteiger partial charge in [-0.25, -0.2) is 4.79 Å². The Morgan fingerprint density at radius 1 is 1.00 bits per heavy atom. The first-order valence-electron chi connectivity index (χ1n) is 8.64. The number of ether oxygens (including phenoxy) is 1. The van der Waals surface area contributed by atoms with Crippen molar-refractivity contribution in [3.63, 3.8) is 0 Å². The summed E-state index contributed by atoms with van der Waals surface area (Å²) < 4.78 is 4.65. The number of hydrogen-bond donors (Lipinski definition) is 1. The van der Waals surface area contributed by atoms with Crippen LogP contribution in [0.2, 0.25) is 0 Å². The van der Waals surface area contributed by atoms with Crippen LogP contribution < -0.4 is 10.2 Å². The average Bonchev–Trinajstić information content (AvgIpc) is 2.67. The molecule has 2 rings (SSSR count). The number of amides is 2. The summed E-state index contributed by atoms with van der Waals surface area (Å²) >= 11 is 0. The molecule has 6 nitrogen and oxygen atoms in total. The van der Waals surface area contributed by atoms with Crippen LogP contribution in [0, 0.1) is 13.8 Å². The summed E-state index contributed by atoms with van der Waals surface area (Å²) in [6.45, 7) is 3.82. The smallest absolute Gasteiger partial charge is 0.413 e. The lowest BCUT2D eigenvalue weighted by molar-refractivity contribution is -0.116. The minimum atomic E-state index is -0.475. The van der Waals surface area contributed by atoms with Crippen LogP contribution in [-0.4, -0.2) is 31.9 Å². The van der Waals surface area contributed by atoms with Gasteiger partial charge in [-0.05, 0) is 49.7 Å². The van der Waals surface area contributed by atoms with Crippen molar-refractivity contribution in [1.29, 1.82) is 0 Å². The predicted octanol–water partition coefficient (Wildman–Crippen LogP) is 4.11. The normalized spacial score (nSPS) is 10.2. The molecule has 27 heavy (non-hydrogen) atoms. The van der Waals surface area contributed by atoms with E-state index in [1.807, 2.05) is 32.0 Å². The van der Waals surface area contributed by atoms with E-state index in [0.29, 0.717) is 16.9 Å². The second-order valence-corrected chi connectivity index (χ2v) is 6.37. The van der Waals surface area contributed by atoms with Crippen molar-refractivity contribution < 1.29 is 19.1 Å². The van der Waals surface area contributed by atoms with E-state index in [4.69, 9.17) is 0 Å². The molecule has 142 valence electrons. The Kier molecular flexibility index (Phi) is 6.71. The zero-order valence-electron chi connectivity index (χ0n) is 16.0. The third kappa shape index (κ3) is 5.41. The summed E-state index contributed by atoms with van der Waals surface area (Å²) in [6.07, 6.45) is -0.216. The second-order valence-electron chi connectivity index (χ2n) is 6.37. The molecule has 2 aromatic rings. The number of aryl methyl sites for hydroxylation is 2. The molecule has 0 unspecified atom stereocenters. The molecule has 0 spiro atoms. The standard InChI is InChI=1S/C21H24N2O4/c1-14-5-6-15(2)18(13-14)19(24)11-12-20(25)22-16-7-9-17(10-8-16)23(3)21(26)27-4/h5-10,13H,11-12H2,1-4H3,(H,22,25). The van der Waals surface area contributed by atoms with E-state index in [0.717, 1.165) is 11.1 Å². The largest absolute Gasteiger partial charge is 0.452 e. The number of nitrogens with zero attached hydrogens (tertiary/aromatic N) is 1. The summed E-state index contributed by atoms with van der Waals surface area (Å²) in [5, 5.41) is 2.76. The fourth-order valence-electron chi connectivity index (χ4n) is 2.63. The fraction of sp³-hybridized carbons (Fsp3) is 0.286. The highest BCUT2D eigenvalue weighted by Crippen LogP contribution is 2.18. The maximum Gasteiger partial charge on any atom is 0.413 e. The second kappa shape index (κ2) is 8.98. The monoisotopic (exact) mass is 368 g/mol. The van der Waals surface area contributed by atoms with E-state index in [9.17, 15) is 14.4 Å². The van der Waals surface area contributed by atoms with Crippen molar-refractivity contribution in [3.8, 4) is 0 Å². The lowest BCUT2D eigenvalue weighted by Crippen LogP contribution is -2.25. The number of benzene rings is 2. The van der Waals surface area contributed by atoms with Gasteiger partial charge in [-0.1, -0.05) is 17.7 Å². The molecule has 0 fully saturated rings. The van der Waals surface area contributed by atoms with Gasteiger partial charge < -0.3 is 10.1 Å². The Hall–Kier alpha value is -3.15. The molecule has 6 heteroatoms. The average molecular weight is 368 g/mol. The Labute approximate surface area is 159 Å². The Morgan fingerprint density at radius 2 is 1.67 bits per heavy atom. The van der Waals surface area contributed by atoms with Crippen molar-refractivity contribution in [2.24, 2.45) is 0 Å². The number of carbonyl (C=O) groups excluding carboxylic acids is 3. The number of hydrogen-bond acceptors (Lipinski definition) is 4. The zero-order valence-corrected chi connectivity index (χ0v) is 16.0. The topological polar surface area (TPSA) is 75.7 Å². The number of rotatable bonds is 6. The molecule has 0 aromatic heterocycles. The lowest BCUT2D eigenvalue weighted by atomic mass is 9.99. The highest BCUT2D eigenvalue weighted by Gasteiger charge is 2.13. The first-order chi connectivity index (χ1) is 12.8. The van der Waals surface area contributed by atoms with Gasteiger partial charge in [-0.15, -0.1) is 0 Å². The van der Waals surface area contributed by atoms with E-state index >= 15 is 0 Å². The molecule has 1 N–H and O–H groups in total. The van der Waals surface area contributed by atoms with Crippen molar-refractivity contribution in [2.45, 2.75) is 26.7 Å². The van der Waals surface area contributed by atoms with Gasteiger partial charge in [0.1, 0.15) is 0 Å². The van der Waals surface area contributed by atoms with Gasteiger partial charge in [-0.3, -0.25) is 14.5 Å². The van der Waals surface area contributed by atoms with E-state index in [-0.39, 0.29) is 24.5 Å². The van der Waals surface area contributed by atoms with Gasteiger partial charge in [0.05, 0.1) is 7.11 Å². The lowest BCUT2D eigenvalue weighted by Gasteiger charge is -2.16. The van der Waals surface area contributed by atoms with Crippen LogP contribution in [0.15, 0.2) is 42.5 Å². The molecule has 0 aliphatic heterocycles. The molecule has 2 amide bonds. The molecule has 0 aliphatic carbocycles. The Morgan fingerprint density at radius 3 is 2.30 bits per heavy atom. The number of Topliss-reactive ketones (excluding diaryl/α,β-unsaturated/α-hetero) is 1. The van der Waals surface area contributed by atoms with E-state index in [1.165, 1.54) is 12.0 Å². The van der Waals surface area contributed by atoms with Crippen LogP contribution in [0.1, 0.15) is 34.3 Å². The zero-order chi connectivity index (χ0) is 20.0. The van der Waals surface area contributed by atoms with Gasteiger partial charge in [0, 0.05) is 36.8 Å². The van der Waals surface area contributed by atoms with Gasteiger partial charge in [0.2, 0.25) is 5.91 Å². The molecule has 0 heterocycles. The number of methoxy groups -OCH3 is 1. The van der Waals surface area contributed by atoms with E-state index < -0.39 is 6.09 Å². The van der Waals surface area contributed by atoms with E-state index in [2.05, 4.69) is 10.1 Å². The van der Waals surface area contributed by atoms with Crippen LogP contribution in [0.25, 0.3) is 0 Å². The first kappa shape index (κ1) is 20.2. The third-order valence-electron chi connectivity index (χ3n) is 4.26. The van der Waals surface area contributed by atoms with Crippen molar-refractivity contribution in [1.82, 2.24) is 0 Å². The van der Waals surface area contributed by atoms with E-state index in [1.54, 1.807) is 31.3 Å². The summed E-state index contributed by atoms with van der Waals surface area (Å²) in [7, 11) is 2.91. The molecule has 0 bridgehead atoms. The van der Waals surface area contributed by atoms with Gasteiger partial charge in [0.25, 0.3) is 0 Å². The molecule has 0 radical (unpaired) electrons.